The first-order valence-corrected chi connectivity index (χ1v) is 6.04. The molecule has 1 saturated heterocycles. The second kappa shape index (κ2) is 5.83. The highest BCUT2D eigenvalue weighted by molar-refractivity contribution is 4.96. The quantitative estimate of drug-likeness (QED) is 0.702. The number of nitrogens with zero attached hydrogens (tertiary/aromatic N) is 1. The minimum absolute atomic E-state index is 0.279. The van der Waals surface area contributed by atoms with Crippen molar-refractivity contribution in [2.75, 3.05) is 33.9 Å². The summed E-state index contributed by atoms with van der Waals surface area (Å²) >= 11 is 0. The van der Waals surface area contributed by atoms with Gasteiger partial charge in [-0.2, -0.15) is 0 Å². The van der Waals surface area contributed by atoms with E-state index in [1.165, 1.54) is 19.4 Å². The lowest BCUT2D eigenvalue weighted by molar-refractivity contribution is 0.0382. The van der Waals surface area contributed by atoms with Gasteiger partial charge in [-0.3, -0.25) is 4.90 Å². The summed E-state index contributed by atoms with van der Waals surface area (Å²) in [7, 11) is 3.85. The Labute approximate surface area is 94.2 Å². The first-order valence-electron chi connectivity index (χ1n) is 6.04. The minimum Gasteiger partial charge on any atom is -0.385 e. The van der Waals surface area contributed by atoms with Gasteiger partial charge in [-0.1, -0.05) is 0 Å². The van der Waals surface area contributed by atoms with Crippen LogP contribution in [0, 0.1) is 0 Å². The monoisotopic (exact) mass is 214 g/mol. The summed E-state index contributed by atoms with van der Waals surface area (Å²) in [6.07, 6.45) is 3.74. The number of hydrogen-bond donors (Lipinski definition) is 1. The van der Waals surface area contributed by atoms with Crippen LogP contribution < -0.4 is 5.32 Å². The molecule has 0 aromatic heterocycles. The number of methoxy groups -OCH3 is 1. The van der Waals surface area contributed by atoms with E-state index in [2.05, 4.69) is 31.1 Å². The van der Waals surface area contributed by atoms with Crippen molar-refractivity contribution >= 4 is 0 Å². The highest BCUT2D eigenvalue weighted by Gasteiger charge is 2.36. The van der Waals surface area contributed by atoms with Crippen LogP contribution in [0.1, 0.15) is 33.1 Å². The van der Waals surface area contributed by atoms with Crippen LogP contribution in [0.25, 0.3) is 0 Å². The first-order chi connectivity index (χ1) is 7.12. The van der Waals surface area contributed by atoms with E-state index in [1.54, 1.807) is 7.11 Å². The maximum absolute atomic E-state index is 5.11. The van der Waals surface area contributed by atoms with Crippen LogP contribution in [0.4, 0.5) is 0 Å². The van der Waals surface area contributed by atoms with Crippen LogP contribution in [-0.2, 0) is 4.74 Å². The zero-order valence-corrected chi connectivity index (χ0v) is 10.7. The fourth-order valence-electron chi connectivity index (χ4n) is 2.65. The van der Waals surface area contributed by atoms with E-state index in [0.29, 0.717) is 6.04 Å². The molecular weight excluding hydrogens is 188 g/mol. The molecule has 0 aromatic rings. The van der Waals surface area contributed by atoms with Gasteiger partial charge in [0.05, 0.1) is 0 Å². The number of likely N-dealkylation sites (N-methyl/N-ethyl adjacent to an activating group) is 1. The third-order valence-corrected chi connectivity index (χ3v) is 3.71. The lowest BCUT2D eigenvalue weighted by Gasteiger charge is -2.48. The van der Waals surface area contributed by atoms with Crippen molar-refractivity contribution in [2.24, 2.45) is 0 Å². The number of rotatable bonds is 5. The van der Waals surface area contributed by atoms with Crippen molar-refractivity contribution in [3.63, 3.8) is 0 Å². The number of hydrogen-bond acceptors (Lipinski definition) is 3. The molecule has 3 nitrogen and oxygen atoms in total. The molecule has 0 spiro atoms. The van der Waals surface area contributed by atoms with Gasteiger partial charge in [0.1, 0.15) is 0 Å². The van der Waals surface area contributed by atoms with E-state index >= 15 is 0 Å². The third kappa shape index (κ3) is 3.16. The van der Waals surface area contributed by atoms with E-state index in [1.807, 2.05) is 0 Å². The van der Waals surface area contributed by atoms with Crippen LogP contribution in [-0.4, -0.2) is 50.3 Å². The number of ether oxygens (including phenoxy) is 1. The summed E-state index contributed by atoms with van der Waals surface area (Å²) in [6, 6.07) is 0.619. The second-order valence-corrected chi connectivity index (χ2v) is 4.97. The zero-order valence-electron chi connectivity index (χ0n) is 10.7. The highest BCUT2D eigenvalue weighted by Crippen LogP contribution is 2.27. The topological polar surface area (TPSA) is 24.5 Å². The van der Waals surface area contributed by atoms with Crippen LogP contribution >= 0.6 is 0 Å². The standard InChI is InChI=1S/C12H26N2O/c1-12(2)11(13-3)7-5-8-14(12)9-6-10-15-4/h11,13H,5-10H2,1-4H3. The predicted molar refractivity (Wildman–Crippen MR) is 64.2 cm³/mol. The summed E-state index contributed by atoms with van der Waals surface area (Å²) in [6.45, 7) is 7.95. The molecule has 0 aliphatic carbocycles. The Morgan fingerprint density at radius 1 is 1.47 bits per heavy atom. The van der Waals surface area contributed by atoms with E-state index in [-0.39, 0.29) is 5.54 Å². The van der Waals surface area contributed by atoms with E-state index in [0.717, 1.165) is 19.6 Å². The summed E-state index contributed by atoms with van der Waals surface area (Å²) in [4.78, 5) is 2.59. The number of nitrogens with one attached hydrogen (secondary N) is 1. The molecule has 1 rings (SSSR count). The third-order valence-electron chi connectivity index (χ3n) is 3.71. The summed E-state index contributed by atoms with van der Waals surface area (Å²) in [5, 5.41) is 3.44. The van der Waals surface area contributed by atoms with Gasteiger partial charge < -0.3 is 10.1 Å². The average Bonchev–Trinajstić information content (AvgIpc) is 2.20. The average molecular weight is 214 g/mol. The molecule has 1 fully saturated rings. The Morgan fingerprint density at radius 2 is 2.20 bits per heavy atom. The summed E-state index contributed by atoms with van der Waals surface area (Å²) in [5.41, 5.74) is 0.279. The van der Waals surface area contributed by atoms with E-state index in [9.17, 15) is 0 Å². The van der Waals surface area contributed by atoms with Crippen molar-refractivity contribution in [3.8, 4) is 0 Å². The maximum atomic E-state index is 5.11. The molecule has 0 radical (unpaired) electrons. The first kappa shape index (κ1) is 12.9. The molecule has 1 heterocycles. The molecule has 0 saturated carbocycles. The van der Waals surface area contributed by atoms with Crippen molar-refractivity contribution in [2.45, 2.75) is 44.7 Å². The zero-order chi connectivity index (χ0) is 11.3. The van der Waals surface area contributed by atoms with Gasteiger partial charge in [-0.25, -0.2) is 0 Å². The highest BCUT2D eigenvalue weighted by atomic mass is 16.5. The normalized spacial score (nSPS) is 26.8. The largest absolute Gasteiger partial charge is 0.385 e. The molecule has 1 aliphatic rings. The SMILES string of the molecule is CNC1CCCN(CCCOC)C1(C)C. The van der Waals surface area contributed by atoms with Crippen molar-refractivity contribution < 1.29 is 4.74 Å². The van der Waals surface area contributed by atoms with Gasteiger partial charge >= 0.3 is 0 Å². The Morgan fingerprint density at radius 3 is 2.80 bits per heavy atom. The maximum Gasteiger partial charge on any atom is 0.0474 e. The fourth-order valence-corrected chi connectivity index (χ4v) is 2.65. The Balaban J connectivity index is 2.47. The molecule has 1 unspecified atom stereocenters. The lowest BCUT2D eigenvalue weighted by atomic mass is 9.85. The van der Waals surface area contributed by atoms with Gasteiger partial charge in [-0.05, 0) is 46.7 Å². The molecule has 1 N–H and O–H groups in total. The van der Waals surface area contributed by atoms with Crippen molar-refractivity contribution in [3.05, 3.63) is 0 Å². The smallest absolute Gasteiger partial charge is 0.0474 e. The van der Waals surface area contributed by atoms with Crippen molar-refractivity contribution in [1.82, 2.24) is 10.2 Å². The molecule has 3 heteroatoms. The molecule has 0 amide bonds. The summed E-state index contributed by atoms with van der Waals surface area (Å²) < 4.78 is 5.11. The molecule has 15 heavy (non-hydrogen) atoms. The van der Waals surface area contributed by atoms with Crippen LogP contribution in [0.2, 0.25) is 0 Å². The van der Waals surface area contributed by atoms with E-state index < -0.39 is 0 Å². The molecule has 1 atom stereocenters. The van der Waals surface area contributed by atoms with Crippen LogP contribution in [0.3, 0.4) is 0 Å². The number of likely N-dealkylation sites (tertiary alicyclic amines) is 1. The fraction of sp³-hybridized carbons (Fsp3) is 1.00. The Bertz CT molecular complexity index is 182. The molecule has 0 bridgehead atoms. The van der Waals surface area contributed by atoms with Gasteiger partial charge in [0.25, 0.3) is 0 Å². The Kier molecular flexibility index (Phi) is 5.03. The number of piperidine rings is 1. The Hall–Kier alpha value is -0.120. The molecular formula is C12H26N2O. The lowest BCUT2D eigenvalue weighted by Crippen LogP contribution is -2.60. The molecule has 90 valence electrons. The van der Waals surface area contributed by atoms with Gasteiger partial charge in [0.2, 0.25) is 0 Å². The minimum atomic E-state index is 0.279. The van der Waals surface area contributed by atoms with Crippen molar-refractivity contribution in [1.29, 1.82) is 0 Å². The van der Waals surface area contributed by atoms with Crippen LogP contribution in [0.5, 0.6) is 0 Å². The molecule has 1 aliphatic heterocycles. The van der Waals surface area contributed by atoms with Crippen LogP contribution in [0.15, 0.2) is 0 Å². The van der Waals surface area contributed by atoms with E-state index in [4.69, 9.17) is 4.74 Å². The second-order valence-electron chi connectivity index (χ2n) is 4.97. The van der Waals surface area contributed by atoms with Gasteiger partial charge in [-0.15, -0.1) is 0 Å². The molecule has 0 aromatic carbocycles. The predicted octanol–water partition coefficient (Wildman–Crippen LogP) is 1.49. The van der Waals surface area contributed by atoms with Gasteiger partial charge in [0.15, 0.2) is 0 Å². The van der Waals surface area contributed by atoms with Gasteiger partial charge in [0, 0.05) is 31.8 Å². The summed E-state index contributed by atoms with van der Waals surface area (Å²) in [5.74, 6) is 0.